The molecule has 0 aromatic heterocycles. The molecular weight excluding hydrogens is 442 g/mol. The van der Waals surface area contributed by atoms with Crippen LogP contribution in [0.2, 0.25) is 0 Å². The van der Waals surface area contributed by atoms with E-state index in [4.69, 9.17) is 0 Å². The summed E-state index contributed by atoms with van der Waals surface area (Å²) in [5.41, 5.74) is 0.522. The summed E-state index contributed by atoms with van der Waals surface area (Å²) in [6, 6.07) is 6.39. The second kappa shape index (κ2) is 8.88. The van der Waals surface area contributed by atoms with Gasteiger partial charge in [0.1, 0.15) is 5.82 Å². The summed E-state index contributed by atoms with van der Waals surface area (Å²) in [5.74, 6) is -13.7. The van der Waals surface area contributed by atoms with Gasteiger partial charge < -0.3 is 0 Å². The van der Waals surface area contributed by atoms with Crippen molar-refractivity contribution in [3.8, 4) is 0 Å². The van der Waals surface area contributed by atoms with Gasteiger partial charge in [-0.1, -0.05) is 18.2 Å². The molecule has 1 aromatic carbocycles. The van der Waals surface area contributed by atoms with Crippen LogP contribution in [0.3, 0.4) is 0 Å². The van der Waals surface area contributed by atoms with Gasteiger partial charge in [-0.05, 0) is 6.07 Å². The number of benzene rings is 1. The average molecular weight is 454 g/mol. The van der Waals surface area contributed by atoms with Crippen LogP contribution in [0.4, 0.5) is 43.9 Å². The number of alkyl halides is 9. The first-order valence-electron chi connectivity index (χ1n) is 6.46. The first kappa shape index (κ1) is 25.8. The molecule has 158 valence electrons. The van der Waals surface area contributed by atoms with E-state index in [1.165, 1.54) is 6.07 Å². The molecule has 0 amide bonds. The van der Waals surface area contributed by atoms with Crippen LogP contribution < -0.4 is 0 Å². The lowest BCUT2D eigenvalue weighted by molar-refractivity contribution is -0.381. The van der Waals surface area contributed by atoms with Crippen molar-refractivity contribution in [3.05, 3.63) is 35.6 Å². The van der Waals surface area contributed by atoms with Crippen LogP contribution >= 0.6 is 0 Å². The molecule has 0 aliphatic carbocycles. The molecule has 0 bridgehead atoms. The Hall–Kier alpha value is -1.18. The quantitative estimate of drug-likeness (QED) is 0.615. The Morgan fingerprint density at radius 1 is 0.815 bits per heavy atom. The van der Waals surface area contributed by atoms with Crippen molar-refractivity contribution in [2.45, 2.75) is 29.0 Å². The van der Waals surface area contributed by atoms with Gasteiger partial charge in [0, 0.05) is 28.9 Å². The van der Waals surface area contributed by atoms with E-state index in [1.54, 1.807) is 24.5 Å². The topological polar surface area (TPSA) is 34.1 Å². The third-order valence-corrected chi connectivity index (χ3v) is 4.49. The van der Waals surface area contributed by atoms with Crippen LogP contribution in [-0.2, 0) is 27.4 Å². The number of rotatable bonds is 5. The molecule has 2 atom stereocenters. The van der Waals surface area contributed by atoms with Crippen LogP contribution in [0.1, 0.15) is 5.56 Å². The fraction of sp³-hybridized carbons (Fsp3) is 0.538. The highest BCUT2D eigenvalue weighted by Crippen LogP contribution is 2.53. The molecule has 0 spiro atoms. The molecule has 1 aromatic rings. The van der Waals surface area contributed by atoms with Crippen LogP contribution in [-0.4, -0.2) is 44.2 Å². The molecule has 0 fully saturated rings. The van der Waals surface area contributed by atoms with Crippen molar-refractivity contribution >= 4 is 21.6 Å². The Morgan fingerprint density at radius 3 is 1.59 bits per heavy atom. The third-order valence-electron chi connectivity index (χ3n) is 2.79. The van der Waals surface area contributed by atoms with E-state index in [1.807, 2.05) is 0 Å². The first-order chi connectivity index (χ1) is 11.9. The Bertz CT molecular complexity index is 688. The second-order valence-electron chi connectivity index (χ2n) is 4.93. The highest BCUT2D eigenvalue weighted by molar-refractivity contribution is 7.85. The van der Waals surface area contributed by atoms with Crippen LogP contribution in [0.5, 0.6) is 0 Å². The van der Waals surface area contributed by atoms with Gasteiger partial charge in [-0.2, -0.15) is 39.5 Å². The maximum absolute atomic E-state index is 12.8. The zero-order valence-corrected chi connectivity index (χ0v) is 15.1. The fourth-order valence-electron chi connectivity index (χ4n) is 1.38. The minimum Gasteiger partial charge on any atom is -0.260 e. The monoisotopic (exact) mass is 454 g/mol. The maximum Gasteiger partial charge on any atom is 0.460 e. The van der Waals surface area contributed by atoms with Crippen molar-refractivity contribution in [2.24, 2.45) is 0 Å². The van der Waals surface area contributed by atoms with Gasteiger partial charge in [0.2, 0.25) is 0 Å². The molecule has 0 saturated heterocycles. The Morgan fingerprint density at radius 2 is 1.26 bits per heavy atom. The summed E-state index contributed by atoms with van der Waals surface area (Å²) in [5, 5.41) is -5.99. The van der Waals surface area contributed by atoms with E-state index in [0.29, 0.717) is 11.3 Å². The third kappa shape index (κ3) is 5.90. The molecule has 0 N–H and O–H groups in total. The van der Waals surface area contributed by atoms with Gasteiger partial charge in [0.15, 0.2) is 0 Å². The zero-order valence-electron chi connectivity index (χ0n) is 13.4. The van der Waals surface area contributed by atoms with E-state index < -0.39 is 44.9 Å². The predicted molar refractivity (Wildman–Crippen MR) is 79.1 cm³/mol. The molecular formula is C13H12F10O2S2. The van der Waals surface area contributed by atoms with Crippen molar-refractivity contribution in [3.63, 3.8) is 0 Å². The van der Waals surface area contributed by atoms with Crippen molar-refractivity contribution < 1.29 is 52.3 Å². The summed E-state index contributed by atoms with van der Waals surface area (Å²) >= 11 is 0. The Balaban J connectivity index is 0.000000533. The van der Waals surface area contributed by atoms with Gasteiger partial charge >= 0.3 is 23.3 Å². The molecule has 0 radical (unpaired) electrons. The van der Waals surface area contributed by atoms with E-state index in [9.17, 15) is 52.3 Å². The predicted octanol–water partition coefficient (Wildman–Crippen LogP) is 4.49. The SMILES string of the molecule is CS(=O)C(F)(F)C(F)(F)C(F)(F)C(F)(F)F.CS(=O)Cc1ccccc1F. The molecule has 0 saturated carbocycles. The van der Waals surface area contributed by atoms with Gasteiger partial charge in [-0.3, -0.25) is 8.42 Å². The Kier molecular flexibility index (Phi) is 8.49. The van der Waals surface area contributed by atoms with Gasteiger partial charge in [0.25, 0.3) is 0 Å². The van der Waals surface area contributed by atoms with Crippen molar-refractivity contribution in [1.29, 1.82) is 0 Å². The lowest BCUT2D eigenvalue weighted by atomic mass is 10.1. The maximum atomic E-state index is 12.8. The minimum absolute atomic E-state index is 0.111. The fourth-order valence-corrected chi connectivity index (χ4v) is 2.54. The molecule has 0 heterocycles. The summed E-state index contributed by atoms with van der Waals surface area (Å²) < 4.78 is 141. The number of hydrogen-bond donors (Lipinski definition) is 0. The molecule has 1 rings (SSSR count). The lowest BCUT2D eigenvalue weighted by Gasteiger charge is -2.32. The largest absolute Gasteiger partial charge is 0.460 e. The Labute approximate surface area is 151 Å². The molecule has 0 aliphatic heterocycles. The number of halogens is 10. The average Bonchev–Trinajstić information content (AvgIpc) is 2.48. The highest BCUT2D eigenvalue weighted by Gasteiger charge is 2.83. The minimum atomic E-state index is -6.98. The summed E-state index contributed by atoms with van der Waals surface area (Å²) in [7, 11) is -4.86. The smallest absolute Gasteiger partial charge is 0.260 e. The molecule has 2 unspecified atom stereocenters. The van der Waals surface area contributed by atoms with Crippen LogP contribution in [0.25, 0.3) is 0 Å². The van der Waals surface area contributed by atoms with Crippen LogP contribution in [0, 0.1) is 5.82 Å². The van der Waals surface area contributed by atoms with Gasteiger partial charge in [-0.15, -0.1) is 0 Å². The highest BCUT2D eigenvalue weighted by atomic mass is 32.2. The first-order valence-corrected chi connectivity index (χ1v) is 9.75. The van der Waals surface area contributed by atoms with Crippen molar-refractivity contribution in [1.82, 2.24) is 0 Å². The van der Waals surface area contributed by atoms with E-state index >= 15 is 0 Å². The zero-order chi connectivity index (χ0) is 21.8. The van der Waals surface area contributed by atoms with Gasteiger partial charge in [0.05, 0.1) is 16.6 Å². The number of hydrogen-bond acceptors (Lipinski definition) is 2. The second-order valence-corrected chi connectivity index (χ2v) is 7.78. The van der Waals surface area contributed by atoms with Crippen LogP contribution in [0.15, 0.2) is 24.3 Å². The van der Waals surface area contributed by atoms with Gasteiger partial charge in [-0.25, -0.2) is 4.39 Å². The summed E-state index contributed by atoms with van der Waals surface area (Å²) in [6.07, 6.45) is -5.42. The van der Waals surface area contributed by atoms with E-state index in [2.05, 4.69) is 0 Å². The molecule has 2 nitrogen and oxygen atoms in total. The molecule has 14 heteroatoms. The molecule has 0 aliphatic rings. The lowest BCUT2D eigenvalue weighted by Crippen LogP contribution is -2.62. The van der Waals surface area contributed by atoms with Crippen molar-refractivity contribution in [2.75, 3.05) is 12.5 Å². The summed E-state index contributed by atoms with van der Waals surface area (Å²) in [4.78, 5) is 0. The standard InChI is InChI=1S/C8H9FOS.C5H3F9OS/c1-11(10)6-7-4-2-3-5-8(7)9;1-16(15)5(13,14)3(8,9)2(6,7)4(10,11)12/h2-5H,6H2,1H3;1H3. The van der Waals surface area contributed by atoms with E-state index in [0.717, 1.165) is 0 Å². The normalized spacial score (nSPS) is 15.6. The van der Waals surface area contributed by atoms with E-state index in [-0.39, 0.29) is 12.1 Å². The molecule has 27 heavy (non-hydrogen) atoms. The summed E-state index contributed by atoms with van der Waals surface area (Å²) in [6.45, 7) is 0.